The second-order valence-corrected chi connectivity index (χ2v) is 3.04. The first-order valence-corrected chi connectivity index (χ1v) is 3.55. The molecule has 2 unspecified atom stereocenters. The Bertz CT molecular complexity index is 253. The molecular formula is C9H8. The first-order valence-electron chi connectivity index (χ1n) is 3.55. The van der Waals surface area contributed by atoms with Crippen molar-refractivity contribution < 1.29 is 0 Å². The Balaban J connectivity index is 2.10. The molecule has 0 aromatic heterocycles. The molecule has 44 valence electrons. The predicted molar refractivity (Wildman–Crippen MR) is 36.9 cm³/mol. The maximum atomic E-state index is 2.39. The lowest BCUT2D eigenvalue weighted by molar-refractivity contribution is 0.505. The summed E-state index contributed by atoms with van der Waals surface area (Å²) in [6.45, 7) is 0. The fourth-order valence-electron chi connectivity index (χ4n) is 1.97. The molecule has 2 atom stereocenters. The van der Waals surface area contributed by atoms with Crippen molar-refractivity contribution >= 4 is 0 Å². The second-order valence-electron chi connectivity index (χ2n) is 3.04. The highest BCUT2D eigenvalue weighted by Crippen LogP contribution is 2.59. The van der Waals surface area contributed by atoms with Gasteiger partial charge >= 0.3 is 0 Å². The van der Waals surface area contributed by atoms with E-state index >= 15 is 0 Å². The molecule has 3 rings (SSSR count). The first-order chi connectivity index (χ1) is 4.47. The van der Waals surface area contributed by atoms with Gasteiger partial charge in [0.2, 0.25) is 0 Å². The third-order valence-corrected chi connectivity index (χ3v) is 2.58. The first kappa shape index (κ1) is 4.10. The molecule has 0 spiro atoms. The maximum absolute atomic E-state index is 2.39. The van der Waals surface area contributed by atoms with Gasteiger partial charge in [-0.2, -0.15) is 0 Å². The van der Waals surface area contributed by atoms with Crippen LogP contribution in [-0.4, -0.2) is 0 Å². The van der Waals surface area contributed by atoms with E-state index in [2.05, 4.69) is 24.3 Å². The van der Waals surface area contributed by atoms with Gasteiger partial charge in [0, 0.05) is 5.92 Å². The van der Waals surface area contributed by atoms with E-state index in [0.717, 1.165) is 11.8 Å². The van der Waals surface area contributed by atoms with Crippen LogP contribution in [-0.2, 0) is 0 Å². The molecule has 9 heavy (non-hydrogen) atoms. The molecular weight excluding hydrogens is 108 g/mol. The second kappa shape index (κ2) is 1.06. The summed E-state index contributed by atoms with van der Waals surface area (Å²) in [6, 6.07) is 0. The van der Waals surface area contributed by atoms with Crippen LogP contribution in [0.1, 0.15) is 6.42 Å². The molecule has 1 saturated carbocycles. The lowest BCUT2D eigenvalue weighted by Gasteiger charge is -2.29. The predicted octanol–water partition coefficient (Wildman–Crippen LogP) is 2.06. The summed E-state index contributed by atoms with van der Waals surface area (Å²) in [7, 11) is 0. The molecule has 1 fully saturated rings. The molecule has 0 nitrogen and oxygen atoms in total. The summed E-state index contributed by atoms with van der Waals surface area (Å²) >= 11 is 0. The van der Waals surface area contributed by atoms with E-state index in [-0.39, 0.29) is 0 Å². The SMILES string of the molecule is C1=CCC2C(=C1)C1=CC12. The Hall–Kier alpha value is -0.780. The highest BCUT2D eigenvalue weighted by atomic mass is 14.5. The van der Waals surface area contributed by atoms with Gasteiger partial charge in [0.05, 0.1) is 0 Å². The van der Waals surface area contributed by atoms with Crippen molar-refractivity contribution in [3.05, 3.63) is 35.5 Å². The van der Waals surface area contributed by atoms with Gasteiger partial charge in [-0.25, -0.2) is 0 Å². The average molecular weight is 116 g/mol. The van der Waals surface area contributed by atoms with Gasteiger partial charge in [-0.1, -0.05) is 24.3 Å². The Morgan fingerprint density at radius 1 is 1.33 bits per heavy atom. The quantitative estimate of drug-likeness (QED) is 0.454. The fraction of sp³-hybridized carbons (Fsp3) is 0.333. The highest BCUT2D eigenvalue weighted by molar-refractivity contribution is 5.62. The molecule has 0 bridgehead atoms. The molecule has 0 N–H and O–H groups in total. The minimum Gasteiger partial charge on any atom is -0.0839 e. The summed E-state index contributed by atoms with van der Waals surface area (Å²) in [5, 5.41) is 0. The Kier molecular flexibility index (Phi) is 0.484. The molecule has 0 heteroatoms. The van der Waals surface area contributed by atoms with Gasteiger partial charge in [-0.05, 0) is 23.5 Å². The summed E-state index contributed by atoms with van der Waals surface area (Å²) in [5.74, 6) is 1.83. The number of rotatable bonds is 0. The molecule has 3 aliphatic rings. The van der Waals surface area contributed by atoms with Crippen LogP contribution in [0.2, 0.25) is 0 Å². The molecule has 0 saturated heterocycles. The summed E-state index contributed by atoms with van der Waals surface area (Å²) in [5.41, 5.74) is 3.27. The van der Waals surface area contributed by atoms with Crippen LogP contribution in [0.25, 0.3) is 0 Å². The van der Waals surface area contributed by atoms with Crippen molar-refractivity contribution in [1.29, 1.82) is 0 Å². The monoisotopic (exact) mass is 116 g/mol. The molecule has 0 heterocycles. The number of fused-ring (bicyclic) bond motifs is 4. The van der Waals surface area contributed by atoms with E-state index in [1.54, 1.807) is 11.1 Å². The zero-order valence-electron chi connectivity index (χ0n) is 5.17. The van der Waals surface area contributed by atoms with Gasteiger partial charge in [-0.3, -0.25) is 0 Å². The Morgan fingerprint density at radius 3 is 3.22 bits per heavy atom. The number of hydrogen-bond acceptors (Lipinski definition) is 0. The summed E-state index contributed by atoms with van der Waals surface area (Å²) in [6.07, 6.45) is 10.4. The molecule has 0 amide bonds. The summed E-state index contributed by atoms with van der Waals surface area (Å²) in [4.78, 5) is 0. The largest absolute Gasteiger partial charge is 0.0839 e. The van der Waals surface area contributed by atoms with Crippen molar-refractivity contribution in [3.8, 4) is 0 Å². The number of hydrogen-bond donors (Lipinski definition) is 0. The van der Waals surface area contributed by atoms with Gasteiger partial charge in [0.25, 0.3) is 0 Å². The third kappa shape index (κ3) is 0.335. The van der Waals surface area contributed by atoms with Crippen molar-refractivity contribution in [3.63, 3.8) is 0 Å². The van der Waals surface area contributed by atoms with Gasteiger partial charge in [0.1, 0.15) is 0 Å². The van der Waals surface area contributed by atoms with E-state index in [1.807, 2.05) is 0 Å². The van der Waals surface area contributed by atoms with Gasteiger partial charge in [-0.15, -0.1) is 0 Å². The summed E-state index contributed by atoms with van der Waals surface area (Å²) < 4.78 is 0. The standard InChI is InChI=1S/C9H8/c1-2-4-7-6(3-1)8-5-9(7)8/h1-3,5,7,9H,4H2. The zero-order valence-corrected chi connectivity index (χ0v) is 5.17. The zero-order chi connectivity index (χ0) is 5.84. The lowest BCUT2D eigenvalue weighted by atomic mass is 9.74. The maximum Gasteiger partial charge on any atom is 0.00958 e. The average Bonchev–Trinajstić information content (AvgIpc) is 2.58. The topological polar surface area (TPSA) is 0 Å². The van der Waals surface area contributed by atoms with E-state index in [0.29, 0.717) is 0 Å². The molecule has 0 aliphatic heterocycles. The van der Waals surface area contributed by atoms with Crippen molar-refractivity contribution in [2.75, 3.05) is 0 Å². The van der Waals surface area contributed by atoms with Crippen LogP contribution >= 0.6 is 0 Å². The highest BCUT2D eigenvalue weighted by Gasteiger charge is 2.47. The van der Waals surface area contributed by atoms with E-state index in [1.165, 1.54) is 6.42 Å². The lowest BCUT2D eigenvalue weighted by Crippen LogP contribution is -2.19. The molecule has 3 aliphatic carbocycles. The van der Waals surface area contributed by atoms with Gasteiger partial charge in [0.15, 0.2) is 0 Å². The van der Waals surface area contributed by atoms with E-state index < -0.39 is 0 Å². The minimum atomic E-state index is 0.907. The van der Waals surface area contributed by atoms with Gasteiger partial charge < -0.3 is 0 Å². The molecule has 0 radical (unpaired) electrons. The van der Waals surface area contributed by atoms with E-state index in [9.17, 15) is 0 Å². The van der Waals surface area contributed by atoms with Crippen LogP contribution in [0.3, 0.4) is 0 Å². The Labute approximate surface area is 54.6 Å². The van der Waals surface area contributed by atoms with Crippen LogP contribution < -0.4 is 0 Å². The fourth-order valence-corrected chi connectivity index (χ4v) is 1.97. The minimum absolute atomic E-state index is 0.907. The smallest absolute Gasteiger partial charge is 0.00958 e. The molecule has 0 aromatic carbocycles. The van der Waals surface area contributed by atoms with Crippen LogP contribution in [0.15, 0.2) is 35.5 Å². The Morgan fingerprint density at radius 2 is 2.33 bits per heavy atom. The van der Waals surface area contributed by atoms with Crippen molar-refractivity contribution in [2.24, 2.45) is 11.8 Å². The normalized spacial score (nSPS) is 41.8. The number of allylic oxidation sites excluding steroid dienone is 6. The van der Waals surface area contributed by atoms with Crippen LogP contribution in [0.5, 0.6) is 0 Å². The van der Waals surface area contributed by atoms with Crippen molar-refractivity contribution in [1.82, 2.24) is 0 Å². The molecule has 0 aromatic rings. The third-order valence-electron chi connectivity index (χ3n) is 2.58. The van der Waals surface area contributed by atoms with Crippen LogP contribution in [0.4, 0.5) is 0 Å². The van der Waals surface area contributed by atoms with E-state index in [4.69, 9.17) is 0 Å². The van der Waals surface area contributed by atoms with Crippen LogP contribution in [0, 0.1) is 11.8 Å². The van der Waals surface area contributed by atoms with Crippen molar-refractivity contribution in [2.45, 2.75) is 6.42 Å².